The van der Waals surface area contributed by atoms with Crippen LogP contribution in [-0.4, -0.2) is 21.4 Å². The first-order chi connectivity index (χ1) is 25.0. The molecular weight excluding hydrogens is 623 g/mol. The van der Waals surface area contributed by atoms with Crippen molar-refractivity contribution in [2.45, 2.75) is 0 Å². The van der Waals surface area contributed by atoms with E-state index in [9.17, 15) is 0 Å². The highest BCUT2D eigenvalue weighted by molar-refractivity contribution is 6.61. The number of nitrogens with two attached hydrogens (primary N) is 1. The van der Waals surface area contributed by atoms with Crippen LogP contribution in [0.1, 0.15) is 11.4 Å². The number of hydrogen-bond acceptors (Lipinski definition) is 5. The van der Waals surface area contributed by atoms with Crippen molar-refractivity contribution in [2.24, 2.45) is 0 Å². The molecule has 242 valence electrons. The zero-order valence-corrected chi connectivity index (χ0v) is 27.7. The lowest BCUT2D eigenvalue weighted by molar-refractivity contribution is 1.27. The molecular formula is C46H33N5. The number of nitrogens with zero attached hydrogens (tertiary/aromatic N) is 2. The Labute approximate surface area is 296 Å². The lowest BCUT2D eigenvalue weighted by Gasteiger charge is -2.18. The van der Waals surface area contributed by atoms with Gasteiger partial charge < -0.3 is 5.73 Å². The van der Waals surface area contributed by atoms with Crippen molar-refractivity contribution in [3.8, 4) is 22.3 Å². The van der Waals surface area contributed by atoms with Crippen molar-refractivity contribution >= 4 is 60.6 Å². The largest absolute Gasteiger partial charge is 0.399 e. The number of pyridine rings is 2. The van der Waals surface area contributed by atoms with Crippen LogP contribution in [0, 0.1) is 10.8 Å². The Bertz CT molecular complexity index is 2600. The number of nitrogens with one attached hydrogen (secondary N) is 2. The number of hydrogen-bond donors (Lipinski definition) is 3. The molecule has 0 spiro atoms. The maximum Gasteiger partial charge on any atom is 0.0883 e. The molecule has 0 aliphatic heterocycles. The number of allylic oxidation sites excluding steroid dienone is 4. The van der Waals surface area contributed by atoms with Gasteiger partial charge in [-0.3, -0.25) is 20.8 Å². The van der Waals surface area contributed by atoms with Crippen molar-refractivity contribution in [3.63, 3.8) is 0 Å². The van der Waals surface area contributed by atoms with E-state index in [2.05, 4.69) is 113 Å². The number of anilines is 1. The van der Waals surface area contributed by atoms with Gasteiger partial charge in [-0.1, -0.05) is 109 Å². The zero-order chi connectivity index (χ0) is 34.7. The Morgan fingerprint density at radius 1 is 0.451 bits per heavy atom. The van der Waals surface area contributed by atoms with Crippen LogP contribution in [0.5, 0.6) is 0 Å². The summed E-state index contributed by atoms with van der Waals surface area (Å²) in [6, 6.07) is 52.2. The second-order valence-corrected chi connectivity index (χ2v) is 12.4. The van der Waals surface area contributed by atoms with Crippen LogP contribution in [0.15, 0.2) is 176 Å². The van der Waals surface area contributed by atoms with Crippen molar-refractivity contribution < 1.29 is 0 Å². The van der Waals surface area contributed by atoms with Gasteiger partial charge in [0.15, 0.2) is 0 Å². The maximum absolute atomic E-state index is 8.04. The van der Waals surface area contributed by atoms with Crippen LogP contribution < -0.4 is 5.73 Å². The molecule has 2 aromatic heterocycles. The summed E-state index contributed by atoms with van der Waals surface area (Å²) in [5, 5.41) is 23.6. The predicted molar refractivity (Wildman–Crippen MR) is 214 cm³/mol. The fourth-order valence-electron chi connectivity index (χ4n) is 6.79. The Morgan fingerprint density at radius 3 is 1.55 bits per heavy atom. The van der Waals surface area contributed by atoms with Crippen LogP contribution in [-0.2, 0) is 0 Å². The first-order valence-corrected chi connectivity index (χ1v) is 16.8. The maximum atomic E-state index is 8.04. The zero-order valence-electron chi connectivity index (χ0n) is 27.7. The molecule has 2 heterocycles. The molecule has 5 heteroatoms. The SMILES string of the molecule is N=C1C=C(c2ccccn2)C=C(c2ccccn2)C1=N.Nc1ccc(-c2c3ccccc3c(-c3ccc4ccccc4c3)c3ccccc23)cc1. The van der Waals surface area contributed by atoms with Gasteiger partial charge in [0.1, 0.15) is 0 Å². The van der Waals surface area contributed by atoms with Crippen molar-refractivity contribution in [1.82, 2.24) is 9.97 Å². The molecule has 4 N–H and O–H groups in total. The highest BCUT2D eigenvalue weighted by Gasteiger charge is 2.20. The van der Waals surface area contributed by atoms with E-state index >= 15 is 0 Å². The molecule has 0 saturated heterocycles. The van der Waals surface area contributed by atoms with Crippen molar-refractivity contribution in [2.75, 3.05) is 5.73 Å². The Kier molecular flexibility index (Phi) is 8.28. The average Bonchev–Trinajstić information content (AvgIpc) is 3.19. The van der Waals surface area contributed by atoms with Gasteiger partial charge in [-0.2, -0.15) is 0 Å². The highest BCUT2D eigenvalue weighted by Crippen LogP contribution is 2.44. The summed E-state index contributed by atoms with van der Waals surface area (Å²) in [5.74, 6) is 0. The molecule has 8 aromatic rings. The highest BCUT2D eigenvalue weighted by atomic mass is 14.7. The Balaban J connectivity index is 0.000000162. The summed E-state index contributed by atoms with van der Waals surface area (Å²) in [5.41, 5.74) is 15.1. The number of rotatable bonds is 4. The van der Waals surface area contributed by atoms with E-state index in [0.717, 1.165) is 17.0 Å². The minimum Gasteiger partial charge on any atom is -0.399 e. The molecule has 0 amide bonds. The van der Waals surface area contributed by atoms with E-state index in [-0.39, 0.29) is 11.4 Å². The van der Waals surface area contributed by atoms with Crippen LogP contribution >= 0.6 is 0 Å². The van der Waals surface area contributed by atoms with Gasteiger partial charge in [0, 0.05) is 29.2 Å². The number of fused-ring (bicyclic) bond motifs is 3. The van der Waals surface area contributed by atoms with E-state index in [4.69, 9.17) is 16.6 Å². The average molecular weight is 656 g/mol. The van der Waals surface area contributed by atoms with E-state index < -0.39 is 0 Å². The molecule has 5 nitrogen and oxygen atoms in total. The molecule has 0 bridgehead atoms. The first kappa shape index (κ1) is 31.3. The summed E-state index contributed by atoms with van der Waals surface area (Å²) < 4.78 is 0. The smallest absolute Gasteiger partial charge is 0.0883 e. The molecule has 1 aliphatic carbocycles. The van der Waals surface area contributed by atoms with E-state index in [1.54, 1.807) is 18.5 Å². The molecule has 0 fully saturated rings. The molecule has 9 rings (SSSR count). The molecule has 6 aromatic carbocycles. The summed E-state index contributed by atoms with van der Waals surface area (Å²) in [7, 11) is 0. The first-order valence-electron chi connectivity index (χ1n) is 16.8. The second-order valence-electron chi connectivity index (χ2n) is 12.4. The van der Waals surface area contributed by atoms with Gasteiger partial charge in [0.2, 0.25) is 0 Å². The van der Waals surface area contributed by atoms with Crippen molar-refractivity contribution in [3.05, 3.63) is 188 Å². The number of aromatic nitrogens is 2. The Morgan fingerprint density at radius 2 is 0.961 bits per heavy atom. The van der Waals surface area contributed by atoms with Crippen LogP contribution in [0.4, 0.5) is 5.69 Å². The molecule has 1 aliphatic rings. The third-order valence-corrected chi connectivity index (χ3v) is 9.21. The topological polar surface area (TPSA) is 99.5 Å². The third kappa shape index (κ3) is 6.09. The molecule has 0 saturated carbocycles. The summed E-state index contributed by atoms with van der Waals surface area (Å²) >= 11 is 0. The number of nitrogen functional groups attached to an aromatic ring is 1. The second kappa shape index (κ2) is 13.5. The molecule has 0 atom stereocenters. The van der Waals surface area contributed by atoms with Crippen LogP contribution in [0.25, 0.3) is 65.7 Å². The monoisotopic (exact) mass is 655 g/mol. The fraction of sp³-hybridized carbons (Fsp3) is 0. The van der Waals surface area contributed by atoms with Gasteiger partial charge in [-0.15, -0.1) is 0 Å². The summed E-state index contributed by atoms with van der Waals surface area (Å²) in [6.07, 6.45) is 6.93. The summed E-state index contributed by atoms with van der Waals surface area (Å²) in [4.78, 5) is 8.55. The fourth-order valence-corrected chi connectivity index (χ4v) is 6.79. The predicted octanol–water partition coefficient (Wildman–Crippen LogP) is 11.1. The van der Waals surface area contributed by atoms with E-state index in [1.165, 1.54) is 54.6 Å². The molecule has 0 unspecified atom stereocenters. The minimum atomic E-state index is 0.175. The summed E-state index contributed by atoms with van der Waals surface area (Å²) in [6.45, 7) is 0. The van der Waals surface area contributed by atoms with E-state index in [0.29, 0.717) is 11.3 Å². The third-order valence-electron chi connectivity index (χ3n) is 9.21. The lowest BCUT2D eigenvalue weighted by Crippen LogP contribution is -2.16. The molecule has 51 heavy (non-hydrogen) atoms. The van der Waals surface area contributed by atoms with Gasteiger partial charge in [0.05, 0.1) is 22.8 Å². The number of benzene rings is 6. The van der Waals surface area contributed by atoms with Gasteiger partial charge in [0.25, 0.3) is 0 Å². The van der Waals surface area contributed by atoms with Gasteiger partial charge in [-0.05, 0) is 109 Å². The normalized spacial score (nSPS) is 12.7. The Hall–Kier alpha value is -6.98. The lowest BCUT2D eigenvalue weighted by atomic mass is 9.85. The molecule has 0 radical (unpaired) electrons. The van der Waals surface area contributed by atoms with Gasteiger partial charge in [-0.25, -0.2) is 0 Å². The van der Waals surface area contributed by atoms with Crippen LogP contribution in [0.2, 0.25) is 0 Å². The van der Waals surface area contributed by atoms with Crippen LogP contribution in [0.3, 0.4) is 0 Å². The van der Waals surface area contributed by atoms with Crippen molar-refractivity contribution in [1.29, 1.82) is 10.8 Å². The van der Waals surface area contributed by atoms with E-state index in [1.807, 2.05) is 54.6 Å². The standard InChI is InChI=1S/C30H21N.C16H12N4/c31-24-17-15-21(16-18-24)29-25-9-3-5-11-27(25)30(28-12-6-4-10-26(28)29)23-14-13-20-7-1-2-8-22(20)19-23;17-13-10-11(14-5-1-3-7-19-14)9-12(16(13)18)15-6-2-4-8-20-15/h1-19H,31H2;1-10,17-18H. The quantitative estimate of drug-likeness (QED) is 0.0999. The van der Waals surface area contributed by atoms with Gasteiger partial charge >= 0.3 is 0 Å². The minimum absolute atomic E-state index is 0.175.